The van der Waals surface area contributed by atoms with Gasteiger partial charge in [0.15, 0.2) is 0 Å². The van der Waals surface area contributed by atoms with Gasteiger partial charge in [-0.25, -0.2) is 9.36 Å². The zero-order valence-corrected chi connectivity index (χ0v) is 8.81. The van der Waals surface area contributed by atoms with Gasteiger partial charge in [0, 0.05) is 13.1 Å². The number of aromatic nitrogens is 2. The quantitative estimate of drug-likeness (QED) is 0.676. The Balaban J connectivity index is 2.85. The smallest absolute Gasteiger partial charge is 0.266 e. The third-order valence-electron chi connectivity index (χ3n) is 2.32. The van der Waals surface area contributed by atoms with Crippen LogP contribution < -0.4 is 11.1 Å². The molecule has 1 aliphatic rings. The fraction of sp³-hybridized carbons (Fsp3) is 0.500. The zero-order chi connectivity index (χ0) is 10.3. The molecule has 0 N–H and O–H groups in total. The summed E-state index contributed by atoms with van der Waals surface area (Å²) in [4.78, 5) is 23.1. The fourth-order valence-electron chi connectivity index (χ4n) is 1.60. The van der Waals surface area contributed by atoms with Gasteiger partial charge in [-0.1, -0.05) is 23.2 Å². The number of halogens is 2. The van der Waals surface area contributed by atoms with Crippen LogP contribution in [0.1, 0.15) is 12.8 Å². The summed E-state index contributed by atoms with van der Waals surface area (Å²) >= 11 is 11.3. The lowest BCUT2D eigenvalue weighted by atomic mass is 10.3. The number of nitrogens with zero attached hydrogens (tertiary/aromatic N) is 2. The van der Waals surface area contributed by atoms with Crippen molar-refractivity contribution in [2.75, 3.05) is 0 Å². The van der Waals surface area contributed by atoms with Crippen molar-refractivity contribution in [2.24, 2.45) is 0 Å². The van der Waals surface area contributed by atoms with Crippen molar-refractivity contribution in [3.8, 4) is 0 Å². The summed E-state index contributed by atoms with van der Waals surface area (Å²) in [6.45, 7) is 1.07. The summed E-state index contributed by atoms with van der Waals surface area (Å²) in [6, 6.07) is 0. The molecule has 2 heterocycles. The zero-order valence-electron chi connectivity index (χ0n) is 7.30. The minimum absolute atomic E-state index is 0.171. The molecule has 0 radical (unpaired) electrons. The second-order valence-electron chi connectivity index (χ2n) is 3.19. The van der Waals surface area contributed by atoms with E-state index >= 15 is 0 Å². The second-order valence-corrected chi connectivity index (χ2v) is 3.95. The van der Waals surface area contributed by atoms with Gasteiger partial charge in [0.1, 0.15) is 10.0 Å². The highest BCUT2D eigenvalue weighted by Gasteiger charge is 2.18. The standard InChI is InChI=1S/C8H8Cl2N2O2/c9-5-6(10)8(14)12-4-2-1-3-11(12)7(5)13/h1-4H2. The van der Waals surface area contributed by atoms with E-state index in [9.17, 15) is 9.59 Å². The number of hydrogen-bond donors (Lipinski definition) is 0. The topological polar surface area (TPSA) is 44.0 Å². The van der Waals surface area contributed by atoms with Gasteiger partial charge in [-0.15, -0.1) is 0 Å². The van der Waals surface area contributed by atoms with Crippen LogP contribution in [0.4, 0.5) is 0 Å². The van der Waals surface area contributed by atoms with E-state index in [2.05, 4.69) is 0 Å². The minimum atomic E-state index is -0.379. The molecule has 0 saturated heterocycles. The van der Waals surface area contributed by atoms with Gasteiger partial charge in [-0.3, -0.25) is 9.59 Å². The molecule has 14 heavy (non-hydrogen) atoms. The molecule has 2 rings (SSSR count). The van der Waals surface area contributed by atoms with E-state index in [0.717, 1.165) is 12.8 Å². The Bertz CT molecular complexity index is 444. The molecule has 1 aromatic heterocycles. The van der Waals surface area contributed by atoms with Crippen molar-refractivity contribution in [1.29, 1.82) is 0 Å². The van der Waals surface area contributed by atoms with Crippen LogP contribution in [0.5, 0.6) is 0 Å². The largest absolute Gasteiger partial charge is 0.285 e. The van der Waals surface area contributed by atoms with E-state index < -0.39 is 0 Å². The maximum atomic E-state index is 11.6. The van der Waals surface area contributed by atoms with Crippen LogP contribution in [-0.4, -0.2) is 9.36 Å². The first-order valence-corrected chi connectivity index (χ1v) is 5.07. The van der Waals surface area contributed by atoms with Gasteiger partial charge in [-0.05, 0) is 12.8 Å². The van der Waals surface area contributed by atoms with Gasteiger partial charge in [0.05, 0.1) is 0 Å². The number of hydrogen-bond acceptors (Lipinski definition) is 2. The highest BCUT2D eigenvalue weighted by molar-refractivity contribution is 6.41. The van der Waals surface area contributed by atoms with E-state index in [0.29, 0.717) is 13.1 Å². The van der Waals surface area contributed by atoms with Crippen LogP contribution in [0, 0.1) is 0 Å². The summed E-state index contributed by atoms with van der Waals surface area (Å²) in [7, 11) is 0. The fourth-order valence-corrected chi connectivity index (χ4v) is 1.96. The lowest BCUT2D eigenvalue weighted by molar-refractivity contribution is 0.333. The molecular formula is C8H8Cl2N2O2. The van der Waals surface area contributed by atoms with E-state index in [1.165, 1.54) is 9.36 Å². The molecule has 6 heteroatoms. The molecule has 1 aliphatic heterocycles. The van der Waals surface area contributed by atoms with Crippen molar-refractivity contribution in [2.45, 2.75) is 25.9 Å². The average Bonchev–Trinajstić information content (AvgIpc) is 2.23. The Morgan fingerprint density at radius 2 is 1.21 bits per heavy atom. The summed E-state index contributed by atoms with van der Waals surface area (Å²) in [6.07, 6.45) is 1.77. The maximum Gasteiger partial charge on any atom is 0.285 e. The predicted molar refractivity (Wildman–Crippen MR) is 54.2 cm³/mol. The third-order valence-corrected chi connectivity index (χ3v) is 3.12. The van der Waals surface area contributed by atoms with Crippen molar-refractivity contribution < 1.29 is 0 Å². The Hall–Kier alpha value is -0.740. The van der Waals surface area contributed by atoms with Crippen molar-refractivity contribution in [1.82, 2.24) is 9.36 Å². The molecule has 0 fully saturated rings. The minimum Gasteiger partial charge on any atom is -0.266 e. The van der Waals surface area contributed by atoms with E-state index in [-0.39, 0.29) is 21.2 Å². The third kappa shape index (κ3) is 1.29. The van der Waals surface area contributed by atoms with Gasteiger partial charge in [0.25, 0.3) is 11.1 Å². The summed E-state index contributed by atoms with van der Waals surface area (Å²) < 4.78 is 2.72. The van der Waals surface area contributed by atoms with Gasteiger partial charge in [0.2, 0.25) is 0 Å². The van der Waals surface area contributed by atoms with Gasteiger partial charge >= 0.3 is 0 Å². The molecule has 0 aliphatic carbocycles. The van der Waals surface area contributed by atoms with Gasteiger partial charge < -0.3 is 0 Å². The first kappa shape index (κ1) is 9.80. The monoisotopic (exact) mass is 234 g/mol. The van der Waals surface area contributed by atoms with Crippen LogP contribution in [-0.2, 0) is 13.1 Å². The predicted octanol–water partition coefficient (Wildman–Crippen LogP) is 1.11. The SMILES string of the molecule is O=c1c(Cl)c(Cl)c(=O)n2n1CCCC2. The Morgan fingerprint density at radius 3 is 1.57 bits per heavy atom. The van der Waals surface area contributed by atoms with Crippen molar-refractivity contribution >= 4 is 23.2 Å². The molecule has 1 aromatic rings. The summed E-state index contributed by atoms with van der Waals surface area (Å²) in [5.41, 5.74) is -0.757. The highest BCUT2D eigenvalue weighted by Crippen LogP contribution is 2.13. The molecule has 4 nitrogen and oxygen atoms in total. The van der Waals surface area contributed by atoms with Gasteiger partial charge in [-0.2, -0.15) is 0 Å². The Labute approximate surface area is 89.6 Å². The molecule has 0 atom stereocenters. The number of rotatable bonds is 0. The molecule has 76 valence electrons. The maximum absolute atomic E-state index is 11.6. The van der Waals surface area contributed by atoms with Crippen molar-refractivity contribution in [3.05, 3.63) is 30.8 Å². The first-order chi connectivity index (χ1) is 6.63. The van der Waals surface area contributed by atoms with Crippen LogP contribution >= 0.6 is 23.2 Å². The molecule has 0 aromatic carbocycles. The average molecular weight is 235 g/mol. The molecule has 0 amide bonds. The molecule has 0 bridgehead atoms. The van der Waals surface area contributed by atoms with E-state index in [1.807, 2.05) is 0 Å². The molecule has 0 saturated carbocycles. The summed E-state index contributed by atoms with van der Waals surface area (Å²) in [5.74, 6) is 0. The number of fused-ring (bicyclic) bond motifs is 1. The van der Waals surface area contributed by atoms with Crippen LogP contribution in [0.3, 0.4) is 0 Å². The first-order valence-electron chi connectivity index (χ1n) is 4.32. The van der Waals surface area contributed by atoms with E-state index in [1.54, 1.807) is 0 Å². The van der Waals surface area contributed by atoms with Crippen molar-refractivity contribution in [3.63, 3.8) is 0 Å². The lowest BCUT2D eigenvalue weighted by Crippen LogP contribution is -2.41. The Morgan fingerprint density at radius 1 is 0.857 bits per heavy atom. The van der Waals surface area contributed by atoms with Crippen LogP contribution in [0.2, 0.25) is 10.0 Å². The molecule has 0 spiro atoms. The normalized spacial score (nSPS) is 15.3. The van der Waals surface area contributed by atoms with Crippen LogP contribution in [0.25, 0.3) is 0 Å². The molecular weight excluding hydrogens is 227 g/mol. The second kappa shape index (κ2) is 3.44. The summed E-state index contributed by atoms with van der Waals surface area (Å²) in [5, 5.41) is -0.343. The highest BCUT2D eigenvalue weighted by atomic mass is 35.5. The van der Waals surface area contributed by atoms with Crippen LogP contribution in [0.15, 0.2) is 9.59 Å². The molecule has 0 unspecified atom stereocenters. The Kier molecular flexibility index (Phi) is 2.41. The van der Waals surface area contributed by atoms with E-state index in [4.69, 9.17) is 23.2 Å². The lowest BCUT2D eigenvalue weighted by Gasteiger charge is -2.20.